The Morgan fingerprint density at radius 1 is 1.24 bits per heavy atom. The smallest absolute Gasteiger partial charge is 0.248 e. The third-order valence-electron chi connectivity index (χ3n) is 2.72. The van der Waals surface area contributed by atoms with E-state index >= 15 is 0 Å². The second-order valence-electron chi connectivity index (χ2n) is 4.31. The molecule has 0 aromatic heterocycles. The number of para-hydroxylation sites is 2. The number of rotatable bonds is 5. The Bertz CT molecular complexity index is 653. The molecule has 0 unspecified atom stereocenters. The van der Waals surface area contributed by atoms with Crippen LogP contribution in [0.4, 0.5) is 5.69 Å². The lowest BCUT2D eigenvalue weighted by Gasteiger charge is -2.09. The van der Waals surface area contributed by atoms with E-state index < -0.39 is 0 Å². The van der Waals surface area contributed by atoms with E-state index in [0.717, 1.165) is 5.56 Å². The first-order chi connectivity index (χ1) is 10.2. The second kappa shape index (κ2) is 7.50. The molecular formula is C17H16ClNO2. The van der Waals surface area contributed by atoms with Gasteiger partial charge in [-0.05, 0) is 42.8 Å². The normalized spacial score (nSPS) is 10.6. The number of halogens is 1. The second-order valence-corrected chi connectivity index (χ2v) is 4.74. The highest BCUT2D eigenvalue weighted by molar-refractivity contribution is 6.30. The van der Waals surface area contributed by atoms with E-state index in [2.05, 4.69) is 5.32 Å². The molecule has 2 rings (SSSR count). The molecule has 2 aromatic rings. The maximum Gasteiger partial charge on any atom is 0.248 e. The van der Waals surface area contributed by atoms with Gasteiger partial charge in [0, 0.05) is 11.1 Å². The molecule has 0 aliphatic rings. The molecule has 0 bridgehead atoms. The molecule has 0 aliphatic heterocycles. The quantitative estimate of drug-likeness (QED) is 0.832. The highest BCUT2D eigenvalue weighted by atomic mass is 35.5. The summed E-state index contributed by atoms with van der Waals surface area (Å²) < 4.78 is 5.46. The predicted molar refractivity (Wildman–Crippen MR) is 86.7 cm³/mol. The third kappa shape index (κ3) is 4.65. The zero-order valence-corrected chi connectivity index (χ0v) is 12.4. The molecule has 2 aromatic carbocycles. The largest absolute Gasteiger partial charge is 0.492 e. The monoisotopic (exact) mass is 301 g/mol. The van der Waals surface area contributed by atoms with Crippen molar-refractivity contribution in [2.75, 3.05) is 11.9 Å². The van der Waals surface area contributed by atoms with E-state index in [4.69, 9.17) is 16.3 Å². The zero-order chi connectivity index (χ0) is 15.1. The van der Waals surface area contributed by atoms with Crippen molar-refractivity contribution in [1.82, 2.24) is 0 Å². The van der Waals surface area contributed by atoms with Crippen LogP contribution in [0.3, 0.4) is 0 Å². The third-order valence-corrected chi connectivity index (χ3v) is 2.96. The van der Waals surface area contributed by atoms with E-state index in [1.165, 1.54) is 6.08 Å². The number of amides is 1. The average Bonchev–Trinajstić information content (AvgIpc) is 2.48. The van der Waals surface area contributed by atoms with Crippen molar-refractivity contribution in [2.45, 2.75) is 6.92 Å². The first-order valence-corrected chi connectivity index (χ1v) is 7.03. The van der Waals surface area contributed by atoms with E-state index in [0.29, 0.717) is 23.1 Å². The Morgan fingerprint density at radius 2 is 2.05 bits per heavy atom. The molecule has 0 fully saturated rings. The van der Waals surface area contributed by atoms with Gasteiger partial charge in [0.2, 0.25) is 5.91 Å². The van der Waals surface area contributed by atoms with Crippen LogP contribution in [-0.2, 0) is 4.79 Å². The molecule has 0 heterocycles. The number of carbonyl (C=O) groups excluding carboxylic acids is 1. The Balaban J connectivity index is 2.05. The maximum atomic E-state index is 11.9. The van der Waals surface area contributed by atoms with Crippen molar-refractivity contribution < 1.29 is 9.53 Å². The first kappa shape index (κ1) is 15.1. The van der Waals surface area contributed by atoms with Crippen molar-refractivity contribution in [1.29, 1.82) is 0 Å². The van der Waals surface area contributed by atoms with Gasteiger partial charge in [-0.25, -0.2) is 0 Å². The summed E-state index contributed by atoms with van der Waals surface area (Å²) in [5, 5.41) is 3.43. The van der Waals surface area contributed by atoms with Crippen LogP contribution < -0.4 is 10.1 Å². The summed E-state index contributed by atoms with van der Waals surface area (Å²) in [7, 11) is 0. The molecule has 1 amide bonds. The van der Waals surface area contributed by atoms with E-state index in [1.807, 2.05) is 37.3 Å². The molecule has 3 nitrogen and oxygen atoms in total. The minimum Gasteiger partial charge on any atom is -0.492 e. The molecule has 0 spiro atoms. The van der Waals surface area contributed by atoms with Crippen LogP contribution in [-0.4, -0.2) is 12.5 Å². The molecule has 1 N–H and O–H groups in total. The van der Waals surface area contributed by atoms with Gasteiger partial charge in [-0.2, -0.15) is 0 Å². The lowest BCUT2D eigenvalue weighted by molar-refractivity contribution is -0.111. The van der Waals surface area contributed by atoms with Gasteiger partial charge in [0.1, 0.15) is 5.75 Å². The van der Waals surface area contributed by atoms with Crippen LogP contribution in [0.25, 0.3) is 6.08 Å². The average molecular weight is 302 g/mol. The fourth-order valence-electron chi connectivity index (χ4n) is 1.81. The van der Waals surface area contributed by atoms with Crippen molar-refractivity contribution in [2.24, 2.45) is 0 Å². The van der Waals surface area contributed by atoms with Crippen LogP contribution in [0.2, 0.25) is 5.02 Å². The SMILES string of the molecule is CCOc1ccccc1NC(=O)/C=C\c1cccc(Cl)c1. The Labute approximate surface area is 129 Å². The highest BCUT2D eigenvalue weighted by Gasteiger charge is 2.04. The number of nitrogens with one attached hydrogen (secondary N) is 1. The Kier molecular flexibility index (Phi) is 5.41. The summed E-state index contributed by atoms with van der Waals surface area (Å²) >= 11 is 5.89. The van der Waals surface area contributed by atoms with Crippen LogP contribution in [0.5, 0.6) is 5.75 Å². The van der Waals surface area contributed by atoms with Gasteiger partial charge in [0.05, 0.1) is 12.3 Å². The molecule has 108 valence electrons. The predicted octanol–water partition coefficient (Wildman–Crippen LogP) is 4.39. The summed E-state index contributed by atoms with van der Waals surface area (Å²) in [5.74, 6) is 0.437. The fraction of sp³-hybridized carbons (Fsp3) is 0.118. The van der Waals surface area contributed by atoms with Crippen LogP contribution in [0.15, 0.2) is 54.6 Å². The molecular weight excluding hydrogens is 286 g/mol. The molecule has 0 saturated carbocycles. The molecule has 21 heavy (non-hydrogen) atoms. The van der Waals surface area contributed by atoms with Gasteiger partial charge in [-0.1, -0.05) is 35.9 Å². The van der Waals surface area contributed by atoms with Gasteiger partial charge in [0.15, 0.2) is 0 Å². The van der Waals surface area contributed by atoms with Crippen molar-refractivity contribution in [3.8, 4) is 5.75 Å². The lowest BCUT2D eigenvalue weighted by atomic mass is 10.2. The van der Waals surface area contributed by atoms with Crippen molar-refractivity contribution >= 4 is 29.3 Å². The van der Waals surface area contributed by atoms with E-state index in [9.17, 15) is 4.79 Å². The summed E-state index contributed by atoms with van der Waals surface area (Å²) in [4.78, 5) is 11.9. The minimum absolute atomic E-state index is 0.220. The van der Waals surface area contributed by atoms with Gasteiger partial charge < -0.3 is 10.1 Å². The minimum atomic E-state index is -0.220. The first-order valence-electron chi connectivity index (χ1n) is 6.65. The van der Waals surface area contributed by atoms with Crippen LogP contribution in [0.1, 0.15) is 12.5 Å². The lowest BCUT2D eigenvalue weighted by Crippen LogP contribution is -2.09. The fourth-order valence-corrected chi connectivity index (χ4v) is 2.01. The maximum absolute atomic E-state index is 11.9. The number of ether oxygens (including phenoxy) is 1. The van der Waals surface area contributed by atoms with Gasteiger partial charge >= 0.3 is 0 Å². The molecule has 0 aliphatic carbocycles. The van der Waals surface area contributed by atoms with E-state index in [-0.39, 0.29) is 5.91 Å². The summed E-state index contributed by atoms with van der Waals surface area (Å²) in [6.45, 7) is 2.45. The molecule has 0 saturated heterocycles. The van der Waals surface area contributed by atoms with Gasteiger partial charge in [-0.3, -0.25) is 4.79 Å². The molecule has 4 heteroatoms. The van der Waals surface area contributed by atoms with E-state index in [1.54, 1.807) is 24.3 Å². The molecule has 0 atom stereocenters. The van der Waals surface area contributed by atoms with Crippen LogP contribution in [0, 0.1) is 0 Å². The number of anilines is 1. The Morgan fingerprint density at radius 3 is 2.81 bits per heavy atom. The number of hydrogen-bond donors (Lipinski definition) is 1. The van der Waals surface area contributed by atoms with Crippen molar-refractivity contribution in [3.63, 3.8) is 0 Å². The highest BCUT2D eigenvalue weighted by Crippen LogP contribution is 2.23. The molecule has 0 radical (unpaired) electrons. The number of benzene rings is 2. The van der Waals surface area contributed by atoms with Gasteiger partial charge in [-0.15, -0.1) is 0 Å². The number of carbonyl (C=O) groups is 1. The van der Waals surface area contributed by atoms with Gasteiger partial charge in [0.25, 0.3) is 0 Å². The zero-order valence-electron chi connectivity index (χ0n) is 11.7. The van der Waals surface area contributed by atoms with Crippen LogP contribution >= 0.6 is 11.6 Å². The summed E-state index contributed by atoms with van der Waals surface area (Å²) in [5.41, 5.74) is 1.52. The number of hydrogen-bond acceptors (Lipinski definition) is 2. The Hall–Kier alpha value is -2.26. The summed E-state index contributed by atoms with van der Waals surface area (Å²) in [6.07, 6.45) is 3.18. The van der Waals surface area contributed by atoms with Crippen molar-refractivity contribution in [3.05, 3.63) is 65.2 Å². The standard InChI is InChI=1S/C17H16ClNO2/c1-2-21-16-9-4-3-8-15(16)19-17(20)11-10-13-6-5-7-14(18)12-13/h3-12H,2H2,1H3,(H,19,20)/b11-10-. The topological polar surface area (TPSA) is 38.3 Å². The summed E-state index contributed by atoms with van der Waals surface area (Å²) in [6, 6.07) is 14.6.